The summed E-state index contributed by atoms with van der Waals surface area (Å²) in [6.07, 6.45) is 7.96. The third-order valence-corrected chi connectivity index (χ3v) is 9.50. The van der Waals surface area contributed by atoms with Crippen molar-refractivity contribution in [3.8, 4) is 0 Å². The van der Waals surface area contributed by atoms with E-state index in [9.17, 15) is 19.5 Å². The Balaban J connectivity index is 1.10. The van der Waals surface area contributed by atoms with E-state index in [1.807, 2.05) is 16.7 Å². The second-order valence-electron chi connectivity index (χ2n) is 12.6. The molecule has 3 aromatic rings. The molecule has 4 fully saturated rings. The number of hydrogen-bond acceptors (Lipinski definition) is 8. The molecule has 7 rings (SSSR count). The molecule has 4 aliphatic heterocycles. The topological polar surface area (TPSA) is 146 Å². The fourth-order valence-corrected chi connectivity index (χ4v) is 7.65. The third kappa shape index (κ3) is 4.85. The van der Waals surface area contributed by atoms with Crippen LogP contribution in [-0.4, -0.2) is 98.3 Å². The van der Waals surface area contributed by atoms with Gasteiger partial charge in [-0.25, -0.2) is 14.8 Å². The van der Waals surface area contributed by atoms with Gasteiger partial charge in [0.2, 0.25) is 11.9 Å². The predicted molar refractivity (Wildman–Crippen MR) is 157 cm³/mol. The number of piperidine rings is 1. The standard InChI is InChI=1S/C30H36N8O5/c1-35(2)27(40)23-10-18-14-32-28(34-26(18)38(23)22-4-3-9-43-16-22)33-24-8-7-21(15-31-24)36-17-30(13-25(36)39)11-19-5-6-20(12-30)37(19)29(41)42/h7-8,10,14-15,19-20,22H,3-6,9,11-13,16-17H2,1-2H3,(H,41,42)(H,31,32,33,34). The number of carbonyl (C=O) groups excluding carboxylic acids is 2. The van der Waals surface area contributed by atoms with Crippen molar-refractivity contribution >= 4 is 46.4 Å². The lowest BCUT2D eigenvalue weighted by Crippen LogP contribution is -2.50. The van der Waals surface area contributed by atoms with Crippen molar-refractivity contribution in [2.45, 2.75) is 63.1 Å². The number of nitrogens with zero attached hydrogens (tertiary/aromatic N) is 7. The van der Waals surface area contributed by atoms with Crippen LogP contribution in [0.3, 0.4) is 0 Å². The van der Waals surface area contributed by atoms with Crippen LogP contribution < -0.4 is 10.2 Å². The molecule has 226 valence electrons. The molecule has 2 N–H and O–H groups in total. The molecule has 2 bridgehead atoms. The average Bonchev–Trinajstić information content (AvgIpc) is 3.62. The first-order chi connectivity index (χ1) is 20.7. The first-order valence-corrected chi connectivity index (χ1v) is 14.9. The zero-order valence-corrected chi connectivity index (χ0v) is 24.4. The quantitative estimate of drug-likeness (QED) is 0.456. The van der Waals surface area contributed by atoms with Crippen molar-refractivity contribution < 1.29 is 24.2 Å². The summed E-state index contributed by atoms with van der Waals surface area (Å²) in [5.74, 6) is 0.828. The SMILES string of the molecule is CN(C)C(=O)c1cc2cnc(Nc3ccc(N4CC5(CC4=O)CC4CCC(C5)N4C(=O)O)cn3)nc2n1C1CCCOC1. The molecule has 1 spiro atoms. The van der Waals surface area contributed by atoms with Crippen LogP contribution in [-0.2, 0) is 9.53 Å². The maximum absolute atomic E-state index is 13.1. The first-order valence-electron chi connectivity index (χ1n) is 14.9. The van der Waals surface area contributed by atoms with Crippen molar-refractivity contribution in [3.05, 3.63) is 36.3 Å². The molecule has 0 aromatic carbocycles. The number of rotatable bonds is 5. The van der Waals surface area contributed by atoms with E-state index in [-0.39, 0.29) is 35.4 Å². The smallest absolute Gasteiger partial charge is 0.407 e. The van der Waals surface area contributed by atoms with E-state index in [4.69, 9.17) is 9.72 Å². The molecule has 3 aromatic heterocycles. The van der Waals surface area contributed by atoms with Crippen LogP contribution in [0.4, 0.5) is 22.2 Å². The van der Waals surface area contributed by atoms with E-state index < -0.39 is 6.09 Å². The normalized spacial score (nSPS) is 26.8. The van der Waals surface area contributed by atoms with Gasteiger partial charge in [0.05, 0.1) is 24.5 Å². The number of nitrogens with one attached hydrogen (secondary N) is 1. The van der Waals surface area contributed by atoms with Crippen LogP contribution in [0, 0.1) is 5.41 Å². The highest BCUT2D eigenvalue weighted by Gasteiger charge is 2.54. The van der Waals surface area contributed by atoms with Crippen molar-refractivity contribution in [2.75, 3.05) is 44.1 Å². The number of fused-ring (bicyclic) bond motifs is 3. The highest BCUT2D eigenvalue weighted by atomic mass is 16.5. The number of amides is 3. The lowest BCUT2D eigenvalue weighted by Gasteiger charge is -2.43. The predicted octanol–water partition coefficient (Wildman–Crippen LogP) is 3.65. The minimum Gasteiger partial charge on any atom is -0.465 e. The largest absolute Gasteiger partial charge is 0.465 e. The van der Waals surface area contributed by atoms with Crippen molar-refractivity contribution in [3.63, 3.8) is 0 Å². The average molecular weight is 589 g/mol. The van der Waals surface area contributed by atoms with E-state index in [1.165, 1.54) is 0 Å². The molecule has 3 amide bonds. The number of anilines is 3. The van der Waals surface area contributed by atoms with E-state index in [2.05, 4.69) is 15.3 Å². The lowest BCUT2D eigenvalue weighted by molar-refractivity contribution is -0.118. The van der Waals surface area contributed by atoms with Crippen molar-refractivity contribution in [1.82, 2.24) is 29.3 Å². The van der Waals surface area contributed by atoms with E-state index in [1.54, 1.807) is 47.3 Å². The Kier molecular flexibility index (Phi) is 6.71. The highest BCUT2D eigenvalue weighted by molar-refractivity contribution is 5.98. The number of hydrogen-bond donors (Lipinski definition) is 2. The van der Waals surface area contributed by atoms with Crippen LogP contribution in [0.2, 0.25) is 0 Å². The summed E-state index contributed by atoms with van der Waals surface area (Å²) in [6.45, 7) is 1.81. The first kappa shape index (κ1) is 27.6. The summed E-state index contributed by atoms with van der Waals surface area (Å²) >= 11 is 0. The summed E-state index contributed by atoms with van der Waals surface area (Å²) in [4.78, 5) is 56.7. The van der Waals surface area contributed by atoms with Gasteiger partial charge in [-0.3, -0.25) is 9.59 Å². The Morgan fingerprint density at radius 1 is 1.09 bits per heavy atom. The Morgan fingerprint density at radius 3 is 2.53 bits per heavy atom. The third-order valence-electron chi connectivity index (χ3n) is 9.50. The van der Waals surface area contributed by atoms with Crippen LogP contribution in [0.1, 0.15) is 61.5 Å². The molecular weight excluding hydrogens is 552 g/mol. The Hall–Kier alpha value is -4.26. The minimum absolute atomic E-state index is 0.00170. The van der Waals surface area contributed by atoms with Gasteiger partial charge >= 0.3 is 6.09 Å². The van der Waals surface area contributed by atoms with Gasteiger partial charge in [-0.05, 0) is 56.7 Å². The van der Waals surface area contributed by atoms with E-state index in [0.717, 1.165) is 49.6 Å². The Labute approximate surface area is 248 Å². The van der Waals surface area contributed by atoms with Crippen LogP contribution >= 0.6 is 0 Å². The van der Waals surface area contributed by atoms with Gasteiger partial charge in [-0.1, -0.05) is 0 Å². The molecule has 7 heterocycles. The van der Waals surface area contributed by atoms with Gasteiger partial charge in [-0.15, -0.1) is 0 Å². The Morgan fingerprint density at radius 2 is 1.88 bits per heavy atom. The fraction of sp³-hybridized carbons (Fsp3) is 0.533. The van der Waals surface area contributed by atoms with Gasteiger partial charge < -0.3 is 34.4 Å². The number of aromatic nitrogens is 4. The van der Waals surface area contributed by atoms with Crippen molar-refractivity contribution in [2.24, 2.45) is 5.41 Å². The van der Waals surface area contributed by atoms with Crippen LogP contribution in [0.15, 0.2) is 30.6 Å². The monoisotopic (exact) mass is 588 g/mol. The fourth-order valence-electron chi connectivity index (χ4n) is 7.65. The summed E-state index contributed by atoms with van der Waals surface area (Å²) in [7, 11) is 3.47. The molecule has 4 saturated heterocycles. The number of carboxylic acid groups (broad SMARTS) is 1. The molecule has 13 nitrogen and oxygen atoms in total. The molecule has 3 unspecified atom stereocenters. The van der Waals surface area contributed by atoms with Gasteiger partial charge in [0.25, 0.3) is 5.91 Å². The summed E-state index contributed by atoms with van der Waals surface area (Å²) < 4.78 is 7.71. The maximum atomic E-state index is 13.1. The molecule has 4 aliphatic rings. The van der Waals surface area contributed by atoms with Gasteiger partial charge in [0.15, 0.2) is 0 Å². The minimum atomic E-state index is -0.849. The van der Waals surface area contributed by atoms with Gasteiger partial charge in [0, 0.05) is 62.7 Å². The number of ether oxygens (including phenoxy) is 1. The molecule has 3 atom stereocenters. The highest BCUT2D eigenvalue weighted by Crippen LogP contribution is 2.51. The molecule has 0 radical (unpaired) electrons. The summed E-state index contributed by atoms with van der Waals surface area (Å²) in [5.41, 5.74) is 1.74. The zero-order valence-electron chi connectivity index (χ0n) is 24.4. The van der Waals surface area contributed by atoms with Crippen molar-refractivity contribution in [1.29, 1.82) is 0 Å². The number of pyridine rings is 1. The summed E-state index contributed by atoms with van der Waals surface area (Å²) in [5, 5.41) is 13.6. The second kappa shape index (κ2) is 10.5. The molecule has 0 saturated carbocycles. The molecule has 0 aliphatic carbocycles. The molecule has 43 heavy (non-hydrogen) atoms. The van der Waals surface area contributed by atoms with Crippen LogP contribution in [0.5, 0.6) is 0 Å². The summed E-state index contributed by atoms with van der Waals surface area (Å²) in [6, 6.07) is 5.48. The second-order valence-corrected chi connectivity index (χ2v) is 12.6. The van der Waals surface area contributed by atoms with Crippen LogP contribution in [0.25, 0.3) is 11.0 Å². The van der Waals surface area contributed by atoms with E-state index in [0.29, 0.717) is 49.3 Å². The number of carbonyl (C=O) groups is 3. The molecule has 13 heteroatoms. The zero-order chi connectivity index (χ0) is 29.9. The lowest BCUT2D eigenvalue weighted by atomic mass is 9.74. The molecular formula is C30H36N8O5. The maximum Gasteiger partial charge on any atom is 0.407 e. The van der Waals surface area contributed by atoms with Gasteiger partial charge in [-0.2, -0.15) is 4.98 Å². The van der Waals surface area contributed by atoms with E-state index >= 15 is 0 Å². The Bertz CT molecular complexity index is 1570. The van der Waals surface area contributed by atoms with Gasteiger partial charge in [0.1, 0.15) is 17.2 Å².